The van der Waals surface area contributed by atoms with Crippen LogP contribution in [-0.4, -0.2) is 22.2 Å². The molecule has 0 bridgehead atoms. The van der Waals surface area contributed by atoms with Crippen LogP contribution in [0.25, 0.3) is 0 Å². The maximum atomic E-state index is 10.3. The third kappa shape index (κ3) is 22.7. The molecule has 20 heavy (non-hydrogen) atoms. The molecule has 0 fully saturated rings. The van der Waals surface area contributed by atoms with Gasteiger partial charge in [0.25, 0.3) is 0 Å². The van der Waals surface area contributed by atoms with Gasteiger partial charge >= 0.3 is 11.9 Å². The minimum absolute atomic E-state index is 0. The highest BCUT2D eigenvalue weighted by Crippen LogP contribution is 2.11. The fourth-order valence-corrected chi connectivity index (χ4v) is 1.97. The number of carboxylic acid groups (broad SMARTS) is 2. The summed E-state index contributed by atoms with van der Waals surface area (Å²) in [5, 5.41) is 16.9. The Labute approximate surface area is 134 Å². The Hall–Kier alpha value is -0.480. The van der Waals surface area contributed by atoms with Crippen LogP contribution in [0, 0.1) is 0 Å². The van der Waals surface area contributed by atoms with Crippen LogP contribution in [0.1, 0.15) is 77.0 Å². The first-order valence-electron chi connectivity index (χ1n) is 7.06. The number of rotatable bonds is 13. The molecule has 0 aromatic heterocycles. The van der Waals surface area contributed by atoms with Crippen LogP contribution in [0.5, 0.6) is 0 Å². The van der Waals surface area contributed by atoms with Gasteiger partial charge in [0.05, 0.1) is 0 Å². The Morgan fingerprint density at radius 2 is 0.700 bits per heavy atom. The van der Waals surface area contributed by atoms with Gasteiger partial charge in [-0.25, -0.2) is 0 Å². The minimum Gasteiger partial charge on any atom is -0.481 e. The number of hydrogen-bond acceptors (Lipinski definition) is 2. The molecule has 0 aliphatic carbocycles. The molecule has 122 valence electrons. The number of halogens is 2. The van der Waals surface area contributed by atoms with E-state index in [1.165, 1.54) is 25.7 Å². The predicted octanol–water partition coefficient (Wildman–Crippen LogP) is 4.68. The second kappa shape index (κ2) is 18.5. The number of carbonyl (C=O) groups is 2. The molecule has 0 saturated heterocycles. The second-order valence-corrected chi connectivity index (χ2v) is 4.82. The molecular formula is C14H28Cl2O4. The van der Waals surface area contributed by atoms with Crippen molar-refractivity contribution in [3.8, 4) is 0 Å². The summed E-state index contributed by atoms with van der Waals surface area (Å²) in [5.41, 5.74) is 0. The molecule has 0 amide bonds. The highest BCUT2D eigenvalue weighted by molar-refractivity contribution is 5.85. The van der Waals surface area contributed by atoms with Gasteiger partial charge in [0.2, 0.25) is 0 Å². The average molecular weight is 331 g/mol. The maximum Gasteiger partial charge on any atom is 0.303 e. The molecular weight excluding hydrogens is 303 g/mol. The van der Waals surface area contributed by atoms with Crippen molar-refractivity contribution >= 4 is 36.8 Å². The second-order valence-electron chi connectivity index (χ2n) is 4.82. The van der Waals surface area contributed by atoms with Crippen molar-refractivity contribution in [2.75, 3.05) is 0 Å². The predicted molar refractivity (Wildman–Crippen MR) is 85.2 cm³/mol. The maximum absolute atomic E-state index is 10.3. The van der Waals surface area contributed by atoms with E-state index in [1.807, 2.05) is 0 Å². The van der Waals surface area contributed by atoms with Crippen molar-refractivity contribution in [3.05, 3.63) is 0 Å². The zero-order valence-corrected chi connectivity index (χ0v) is 13.6. The molecule has 0 saturated carbocycles. The Balaban J connectivity index is -0.00000144. The van der Waals surface area contributed by atoms with E-state index in [0.717, 1.165) is 38.5 Å². The van der Waals surface area contributed by atoms with Crippen LogP contribution in [0.4, 0.5) is 0 Å². The van der Waals surface area contributed by atoms with Gasteiger partial charge in [-0.1, -0.05) is 51.4 Å². The van der Waals surface area contributed by atoms with E-state index in [9.17, 15) is 9.59 Å². The van der Waals surface area contributed by atoms with Crippen molar-refractivity contribution in [2.24, 2.45) is 0 Å². The lowest BCUT2D eigenvalue weighted by atomic mass is 10.1. The lowest BCUT2D eigenvalue weighted by molar-refractivity contribution is -0.138. The monoisotopic (exact) mass is 330 g/mol. The molecule has 0 heterocycles. The van der Waals surface area contributed by atoms with Crippen molar-refractivity contribution in [2.45, 2.75) is 77.0 Å². The molecule has 0 unspecified atom stereocenters. The Kier molecular flexibility index (Phi) is 22.7. The lowest BCUT2D eigenvalue weighted by Gasteiger charge is -2.01. The fourth-order valence-electron chi connectivity index (χ4n) is 1.97. The van der Waals surface area contributed by atoms with Gasteiger partial charge in [-0.3, -0.25) is 9.59 Å². The highest BCUT2D eigenvalue weighted by Gasteiger charge is 1.98. The van der Waals surface area contributed by atoms with Gasteiger partial charge in [-0.05, 0) is 12.8 Å². The van der Waals surface area contributed by atoms with Crippen molar-refractivity contribution in [1.29, 1.82) is 0 Å². The summed E-state index contributed by atoms with van der Waals surface area (Å²) in [6.07, 6.45) is 11.3. The van der Waals surface area contributed by atoms with E-state index in [-0.39, 0.29) is 24.8 Å². The lowest BCUT2D eigenvalue weighted by Crippen LogP contribution is -1.93. The van der Waals surface area contributed by atoms with Crippen LogP contribution in [0.3, 0.4) is 0 Å². The first-order valence-corrected chi connectivity index (χ1v) is 7.06. The van der Waals surface area contributed by atoms with Gasteiger partial charge < -0.3 is 10.2 Å². The normalized spacial score (nSPS) is 9.40. The van der Waals surface area contributed by atoms with Crippen LogP contribution in [-0.2, 0) is 9.59 Å². The quantitative estimate of drug-likeness (QED) is 0.481. The standard InChI is InChI=1S/C14H26O4.2ClH/c15-13(16)11-9-7-5-3-1-2-4-6-8-10-12-14(17)18;;/h1-12H2,(H,15,16)(H,17,18);2*1H. The first kappa shape index (κ1) is 24.5. The highest BCUT2D eigenvalue weighted by atomic mass is 35.5. The van der Waals surface area contributed by atoms with Crippen molar-refractivity contribution in [1.82, 2.24) is 0 Å². The van der Waals surface area contributed by atoms with Gasteiger partial charge in [-0.2, -0.15) is 0 Å². The molecule has 0 spiro atoms. The van der Waals surface area contributed by atoms with Crippen molar-refractivity contribution in [3.63, 3.8) is 0 Å². The summed E-state index contributed by atoms with van der Waals surface area (Å²) in [4.78, 5) is 20.5. The first-order chi connectivity index (χ1) is 8.63. The molecule has 0 aliphatic rings. The van der Waals surface area contributed by atoms with Gasteiger partial charge in [0, 0.05) is 12.8 Å². The van der Waals surface area contributed by atoms with Crippen LogP contribution in [0.2, 0.25) is 0 Å². The minimum atomic E-state index is -0.698. The van der Waals surface area contributed by atoms with Crippen LogP contribution in [0.15, 0.2) is 0 Å². The summed E-state index contributed by atoms with van der Waals surface area (Å²) in [7, 11) is 0. The molecule has 0 aromatic rings. The summed E-state index contributed by atoms with van der Waals surface area (Å²) in [6, 6.07) is 0. The molecule has 4 nitrogen and oxygen atoms in total. The smallest absolute Gasteiger partial charge is 0.303 e. The summed E-state index contributed by atoms with van der Waals surface area (Å²) in [5.74, 6) is -1.40. The molecule has 0 atom stereocenters. The van der Waals surface area contributed by atoms with E-state index in [0.29, 0.717) is 12.8 Å². The van der Waals surface area contributed by atoms with Crippen molar-refractivity contribution < 1.29 is 19.8 Å². The molecule has 0 rings (SSSR count). The van der Waals surface area contributed by atoms with Gasteiger partial charge in [0.1, 0.15) is 0 Å². The molecule has 0 aromatic carbocycles. The third-order valence-electron chi connectivity index (χ3n) is 3.03. The number of unbranched alkanes of at least 4 members (excludes halogenated alkanes) is 9. The Bertz CT molecular complexity index is 211. The van der Waals surface area contributed by atoms with Gasteiger partial charge in [0.15, 0.2) is 0 Å². The Morgan fingerprint density at radius 3 is 0.900 bits per heavy atom. The molecule has 2 N–H and O–H groups in total. The Morgan fingerprint density at radius 1 is 0.500 bits per heavy atom. The average Bonchev–Trinajstić information content (AvgIpc) is 2.29. The summed E-state index contributed by atoms with van der Waals surface area (Å²) >= 11 is 0. The third-order valence-corrected chi connectivity index (χ3v) is 3.03. The molecule has 0 aliphatic heterocycles. The topological polar surface area (TPSA) is 74.6 Å². The number of aliphatic carboxylic acids is 2. The van der Waals surface area contributed by atoms with Crippen LogP contribution >= 0.6 is 24.8 Å². The van der Waals surface area contributed by atoms with E-state index >= 15 is 0 Å². The number of hydrogen-bond donors (Lipinski definition) is 2. The zero-order valence-electron chi connectivity index (χ0n) is 12.0. The fraction of sp³-hybridized carbons (Fsp3) is 0.857. The largest absolute Gasteiger partial charge is 0.481 e. The SMILES string of the molecule is Cl.Cl.O=C(O)CCCCCCCCCCCCC(=O)O. The van der Waals surface area contributed by atoms with Crippen LogP contribution < -0.4 is 0 Å². The molecule has 0 radical (unpaired) electrons. The summed E-state index contributed by atoms with van der Waals surface area (Å²) < 4.78 is 0. The van der Waals surface area contributed by atoms with E-state index in [2.05, 4.69) is 0 Å². The van der Waals surface area contributed by atoms with E-state index < -0.39 is 11.9 Å². The summed E-state index contributed by atoms with van der Waals surface area (Å²) in [6.45, 7) is 0. The van der Waals surface area contributed by atoms with E-state index in [4.69, 9.17) is 10.2 Å². The number of carboxylic acids is 2. The van der Waals surface area contributed by atoms with Gasteiger partial charge in [-0.15, -0.1) is 24.8 Å². The van der Waals surface area contributed by atoms with E-state index in [1.54, 1.807) is 0 Å². The molecule has 6 heteroatoms. The zero-order chi connectivity index (χ0) is 13.6.